The van der Waals surface area contributed by atoms with E-state index in [1.54, 1.807) is 0 Å². The van der Waals surface area contributed by atoms with E-state index in [0.29, 0.717) is 0 Å². The summed E-state index contributed by atoms with van der Waals surface area (Å²) < 4.78 is 2.35. The molecule has 2 aromatic carbocycles. The molecule has 0 bridgehead atoms. The fourth-order valence-corrected chi connectivity index (χ4v) is 5.12. The van der Waals surface area contributed by atoms with Gasteiger partial charge in [0.15, 0.2) is 0 Å². The number of hydrogen-bond acceptors (Lipinski definition) is 2. The molecule has 1 heterocycles. The Hall–Kier alpha value is -1.26. The van der Waals surface area contributed by atoms with Crippen LogP contribution in [0.25, 0.3) is 0 Å². The Labute approximate surface area is 130 Å². The van der Waals surface area contributed by atoms with Crippen molar-refractivity contribution in [2.24, 2.45) is 0 Å². The first-order valence-electron chi connectivity index (χ1n) is 6.83. The van der Waals surface area contributed by atoms with Crippen LogP contribution < -0.4 is 10.6 Å². The fraction of sp³-hybridized carbons (Fsp3) is 0.125. The molecule has 1 aliphatic rings. The van der Waals surface area contributed by atoms with E-state index >= 15 is 0 Å². The van der Waals surface area contributed by atoms with Gasteiger partial charge in [-0.05, 0) is 24.7 Å². The molecule has 0 aliphatic carbocycles. The molecule has 0 saturated heterocycles. The van der Waals surface area contributed by atoms with Crippen molar-refractivity contribution in [2.75, 3.05) is 13.0 Å². The zero-order valence-corrected chi connectivity index (χ0v) is 14.6. The standard InChI is InChI=1S/C16H16N2P.Al.2H/c1-3-7-15(8-4-1)19(14-18-12-11-17-13-18)16-9-5-2-6-10-16;;;/h1-12H,13-14H2;;;/q-1;+1;;. The summed E-state index contributed by atoms with van der Waals surface area (Å²) in [6.07, 6.45) is 5.53. The first kappa shape index (κ1) is 13.7. The Morgan fingerprint density at radius 3 is 1.85 bits per heavy atom. The van der Waals surface area contributed by atoms with E-state index in [-0.39, 0.29) is 7.92 Å². The normalized spacial score (nSPS) is 14.2. The third-order valence-corrected chi connectivity index (χ3v) is 6.47. The lowest BCUT2D eigenvalue weighted by Crippen LogP contribution is -2.27. The molecule has 2 nitrogen and oxygen atoms in total. The van der Waals surface area contributed by atoms with Gasteiger partial charge >= 0.3 is 16.5 Å². The predicted molar refractivity (Wildman–Crippen MR) is 90.2 cm³/mol. The van der Waals surface area contributed by atoms with E-state index in [0.717, 1.165) is 29.5 Å². The van der Waals surface area contributed by atoms with Crippen molar-refractivity contribution in [2.45, 2.75) is 0 Å². The van der Waals surface area contributed by atoms with E-state index in [1.807, 2.05) is 0 Å². The average molecular weight is 296 g/mol. The molecule has 3 rings (SSSR count). The zero-order valence-electron chi connectivity index (χ0n) is 11.7. The van der Waals surface area contributed by atoms with Crippen LogP contribution >= 0.6 is 7.92 Å². The number of hydrogen-bond donors (Lipinski definition) is 0. The Morgan fingerprint density at radius 1 is 0.850 bits per heavy atom. The van der Waals surface area contributed by atoms with Crippen molar-refractivity contribution < 1.29 is 0 Å². The molecule has 0 saturated carbocycles. The van der Waals surface area contributed by atoms with E-state index in [1.165, 1.54) is 10.6 Å². The summed E-state index contributed by atoms with van der Waals surface area (Å²) in [5.74, 6) is 0. The number of nitrogens with zero attached hydrogens (tertiary/aromatic N) is 2. The molecule has 0 spiro atoms. The van der Waals surface area contributed by atoms with Gasteiger partial charge < -0.3 is 8.78 Å². The lowest BCUT2D eigenvalue weighted by molar-refractivity contribution is 0.388. The third kappa shape index (κ3) is 3.25. The topological polar surface area (TPSA) is 6.48 Å². The van der Waals surface area contributed by atoms with Gasteiger partial charge in [0.2, 0.25) is 0 Å². The smallest absolute Gasteiger partial charge is 0.365 e. The summed E-state index contributed by atoms with van der Waals surface area (Å²) in [5.41, 5.74) is 0. The van der Waals surface area contributed by atoms with Gasteiger partial charge in [-0.2, -0.15) is 0 Å². The quantitative estimate of drug-likeness (QED) is 0.625. The van der Waals surface area contributed by atoms with Crippen LogP contribution in [0.3, 0.4) is 0 Å². The molecule has 1 aliphatic heterocycles. The maximum atomic E-state index is 2.43. The van der Waals surface area contributed by atoms with Gasteiger partial charge in [0.05, 0.1) is 6.67 Å². The fourth-order valence-electron chi connectivity index (χ4n) is 2.39. The van der Waals surface area contributed by atoms with Crippen LogP contribution in [0.15, 0.2) is 73.1 Å². The summed E-state index contributed by atoms with van der Waals surface area (Å²) in [4.78, 5) is 2.43. The molecular formula is C16H18AlN2P. The van der Waals surface area contributed by atoms with Gasteiger partial charge in [-0.1, -0.05) is 60.7 Å². The van der Waals surface area contributed by atoms with Gasteiger partial charge in [0.25, 0.3) is 0 Å². The number of benzene rings is 2. The second-order valence-electron chi connectivity index (χ2n) is 5.03. The van der Waals surface area contributed by atoms with Crippen molar-refractivity contribution in [3.63, 3.8) is 0 Å². The molecule has 0 amide bonds. The number of rotatable bonds is 4. The molecule has 100 valence electrons. The molecule has 4 heteroatoms. The average Bonchev–Trinajstić information content (AvgIpc) is 2.92. The summed E-state index contributed by atoms with van der Waals surface area (Å²) in [6, 6.07) is 21.8. The van der Waals surface area contributed by atoms with Gasteiger partial charge in [0, 0.05) is 12.5 Å². The second-order valence-corrected chi connectivity index (χ2v) is 8.35. The van der Waals surface area contributed by atoms with Crippen molar-refractivity contribution in [3.05, 3.63) is 73.1 Å². The van der Waals surface area contributed by atoms with Gasteiger partial charge in [-0.15, -0.1) is 0 Å². The minimum absolute atomic E-state index is 0.318. The van der Waals surface area contributed by atoms with Crippen LogP contribution in [-0.4, -0.2) is 38.2 Å². The Bertz CT molecular complexity index is 534. The van der Waals surface area contributed by atoms with Crippen LogP contribution in [0.5, 0.6) is 0 Å². The van der Waals surface area contributed by atoms with Crippen LogP contribution in [-0.2, 0) is 0 Å². The lowest BCUT2D eigenvalue weighted by atomic mass is 10.4. The summed E-state index contributed by atoms with van der Waals surface area (Å²) in [5, 5.41) is 2.91. The Kier molecular flexibility index (Phi) is 4.43. The van der Waals surface area contributed by atoms with Gasteiger partial charge in [0.1, 0.15) is 0 Å². The first-order chi connectivity index (χ1) is 9.83. The minimum Gasteiger partial charge on any atom is -0.458 e. The monoisotopic (exact) mass is 296 g/mol. The SMILES string of the molecule is [AlH2][N]1C=CN(CP(c2ccccc2)c2ccccc2)C1. The lowest BCUT2D eigenvalue weighted by Gasteiger charge is -2.26. The Balaban J connectivity index is 1.86. The molecular weight excluding hydrogens is 278 g/mol. The highest BCUT2D eigenvalue weighted by Crippen LogP contribution is 2.34. The van der Waals surface area contributed by atoms with Crippen molar-refractivity contribution in [1.82, 2.24) is 8.78 Å². The van der Waals surface area contributed by atoms with Gasteiger partial charge in [-0.25, -0.2) is 0 Å². The molecule has 0 radical (unpaired) electrons. The van der Waals surface area contributed by atoms with E-state index in [4.69, 9.17) is 0 Å². The van der Waals surface area contributed by atoms with Crippen LogP contribution in [0.1, 0.15) is 0 Å². The molecule has 0 atom stereocenters. The van der Waals surface area contributed by atoms with E-state index in [2.05, 4.69) is 81.8 Å². The highest BCUT2D eigenvalue weighted by molar-refractivity contribution is 7.72. The predicted octanol–water partition coefficient (Wildman–Crippen LogP) is 1.67. The Morgan fingerprint density at radius 2 is 1.40 bits per heavy atom. The van der Waals surface area contributed by atoms with Crippen molar-refractivity contribution >= 4 is 35.0 Å². The molecule has 20 heavy (non-hydrogen) atoms. The van der Waals surface area contributed by atoms with Gasteiger partial charge in [-0.3, -0.25) is 0 Å². The maximum absolute atomic E-state index is 2.43. The van der Waals surface area contributed by atoms with Crippen LogP contribution in [0.2, 0.25) is 0 Å². The highest BCUT2D eigenvalue weighted by atomic mass is 31.1. The van der Waals surface area contributed by atoms with E-state index in [9.17, 15) is 0 Å². The first-order valence-corrected chi connectivity index (χ1v) is 9.25. The highest BCUT2D eigenvalue weighted by Gasteiger charge is 2.18. The minimum atomic E-state index is -0.318. The third-order valence-electron chi connectivity index (χ3n) is 3.40. The molecule has 0 unspecified atom stereocenters. The largest absolute Gasteiger partial charge is 0.458 e. The second kappa shape index (κ2) is 6.46. The molecule has 0 N–H and O–H groups in total. The molecule has 2 aromatic rings. The van der Waals surface area contributed by atoms with Crippen molar-refractivity contribution in [3.8, 4) is 0 Å². The molecule has 0 fully saturated rings. The summed E-state index contributed by atoms with van der Waals surface area (Å²) in [6.45, 7) is 1.05. The molecule has 0 aromatic heterocycles. The van der Waals surface area contributed by atoms with Crippen molar-refractivity contribution in [1.29, 1.82) is 0 Å². The van der Waals surface area contributed by atoms with Crippen LogP contribution in [0.4, 0.5) is 0 Å². The summed E-state index contributed by atoms with van der Waals surface area (Å²) >= 11 is 1.09. The van der Waals surface area contributed by atoms with Crippen LogP contribution in [0, 0.1) is 0 Å². The maximum Gasteiger partial charge on any atom is 0.365 e. The zero-order chi connectivity index (χ0) is 13.8. The summed E-state index contributed by atoms with van der Waals surface area (Å²) in [7, 11) is -0.318. The van der Waals surface area contributed by atoms with E-state index < -0.39 is 0 Å².